The number of amides is 1. The molecule has 0 radical (unpaired) electrons. The minimum Gasteiger partial charge on any atom is -0.470 e. The van der Waals surface area contributed by atoms with E-state index in [-0.39, 0.29) is 29.3 Å². The summed E-state index contributed by atoms with van der Waals surface area (Å²) in [5.41, 5.74) is 0.137. The quantitative estimate of drug-likeness (QED) is 0.814. The summed E-state index contributed by atoms with van der Waals surface area (Å²) in [5, 5.41) is 12.5. The largest absolute Gasteiger partial charge is 0.470 e. The van der Waals surface area contributed by atoms with Gasteiger partial charge in [-0.2, -0.15) is 5.26 Å². The molecule has 0 aliphatic carbocycles. The molecule has 0 saturated carbocycles. The van der Waals surface area contributed by atoms with Crippen molar-refractivity contribution in [1.29, 1.82) is 5.26 Å². The Balaban J connectivity index is 1.65. The van der Waals surface area contributed by atoms with Crippen molar-refractivity contribution in [2.24, 2.45) is 0 Å². The molecule has 8 heteroatoms. The van der Waals surface area contributed by atoms with Crippen LogP contribution < -0.4 is 4.74 Å². The Morgan fingerprint density at radius 1 is 1.43 bits per heavy atom. The van der Waals surface area contributed by atoms with Crippen molar-refractivity contribution in [2.75, 3.05) is 13.1 Å². The van der Waals surface area contributed by atoms with E-state index in [4.69, 9.17) is 14.5 Å². The van der Waals surface area contributed by atoms with Crippen LogP contribution in [0.4, 0.5) is 0 Å². The summed E-state index contributed by atoms with van der Waals surface area (Å²) in [7, 11) is 0. The van der Waals surface area contributed by atoms with E-state index in [0.29, 0.717) is 19.5 Å². The number of carbonyl (C=O) groups excluding carboxylic acids is 1. The zero-order valence-electron chi connectivity index (χ0n) is 11.0. The number of rotatable bonds is 3. The summed E-state index contributed by atoms with van der Waals surface area (Å²) in [4.78, 5) is 21.6. The van der Waals surface area contributed by atoms with Crippen molar-refractivity contribution in [3.05, 3.63) is 36.1 Å². The van der Waals surface area contributed by atoms with Gasteiger partial charge in [-0.3, -0.25) is 4.79 Å². The number of hydrogen-bond donors (Lipinski definition) is 0. The van der Waals surface area contributed by atoms with E-state index >= 15 is 0 Å². The molecule has 1 fully saturated rings. The van der Waals surface area contributed by atoms with Gasteiger partial charge in [0.15, 0.2) is 0 Å². The van der Waals surface area contributed by atoms with Crippen LogP contribution in [0.15, 0.2) is 29.2 Å². The zero-order valence-corrected chi connectivity index (χ0v) is 11.0. The van der Waals surface area contributed by atoms with E-state index in [1.165, 1.54) is 24.7 Å². The minimum atomic E-state index is -0.224. The van der Waals surface area contributed by atoms with Gasteiger partial charge in [0.05, 0.1) is 12.7 Å². The molecule has 1 amide bonds. The Hall–Kier alpha value is -2.95. The highest BCUT2D eigenvalue weighted by Crippen LogP contribution is 2.19. The van der Waals surface area contributed by atoms with Crippen molar-refractivity contribution in [1.82, 2.24) is 20.0 Å². The summed E-state index contributed by atoms with van der Waals surface area (Å²) in [5.74, 6) is 0.171. The van der Waals surface area contributed by atoms with Crippen LogP contribution in [0.3, 0.4) is 0 Å². The van der Waals surface area contributed by atoms with Gasteiger partial charge < -0.3 is 14.2 Å². The van der Waals surface area contributed by atoms with Crippen molar-refractivity contribution in [3.63, 3.8) is 0 Å². The predicted molar refractivity (Wildman–Crippen MR) is 68.2 cm³/mol. The normalized spacial score (nSPS) is 17.5. The average Bonchev–Trinajstić information content (AvgIpc) is 3.19. The van der Waals surface area contributed by atoms with Crippen molar-refractivity contribution < 1.29 is 14.1 Å². The Kier molecular flexibility index (Phi) is 3.47. The van der Waals surface area contributed by atoms with Crippen LogP contribution in [0, 0.1) is 11.3 Å². The van der Waals surface area contributed by atoms with E-state index in [0.717, 1.165) is 0 Å². The van der Waals surface area contributed by atoms with Gasteiger partial charge in [-0.1, -0.05) is 5.16 Å². The van der Waals surface area contributed by atoms with Gasteiger partial charge in [0.1, 0.15) is 12.2 Å². The highest BCUT2D eigenvalue weighted by Gasteiger charge is 2.30. The van der Waals surface area contributed by atoms with Crippen molar-refractivity contribution in [3.8, 4) is 11.9 Å². The molecule has 3 rings (SSSR count). The lowest BCUT2D eigenvalue weighted by Gasteiger charge is -2.15. The number of nitriles is 1. The van der Waals surface area contributed by atoms with E-state index in [9.17, 15) is 4.79 Å². The maximum Gasteiger partial charge on any atom is 0.292 e. The summed E-state index contributed by atoms with van der Waals surface area (Å²) >= 11 is 0. The first-order valence-electron chi connectivity index (χ1n) is 6.35. The third-order valence-corrected chi connectivity index (χ3v) is 3.13. The molecule has 0 N–H and O–H groups in total. The van der Waals surface area contributed by atoms with Crippen LogP contribution in [0.1, 0.15) is 22.7 Å². The predicted octanol–water partition coefficient (Wildman–Crippen LogP) is 0.630. The fraction of sp³-hybridized carbons (Fsp3) is 0.308. The van der Waals surface area contributed by atoms with Gasteiger partial charge in [-0.15, -0.1) is 0 Å². The zero-order chi connectivity index (χ0) is 14.7. The first-order valence-corrected chi connectivity index (χ1v) is 6.35. The summed E-state index contributed by atoms with van der Waals surface area (Å²) in [6.45, 7) is 0.952. The molecule has 1 atom stereocenters. The second kappa shape index (κ2) is 5.58. The number of nitrogens with zero attached hydrogens (tertiary/aromatic N) is 5. The first kappa shape index (κ1) is 13.1. The molecule has 0 spiro atoms. The molecule has 1 aliphatic heterocycles. The smallest absolute Gasteiger partial charge is 0.292 e. The third kappa shape index (κ3) is 2.67. The van der Waals surface area contributed by atoms with E-state index in [2.05, 4.69) is 15.1 Å². The summed E-state index contributed by atoms with van der Waals surface area (Å²) in [6, 6.07) is 3.44. The molecule has 2 aromatic rings. The lowest BCUT2D eigenvalue weighted by atomic mass is 10.3. The van der Waals surface area contributed by atoms with Crippen LogP contribution in [-0.2, 0) is 0 Å². The SMILES string of the molecule is N#Cc1nccnc1OC1CCN(C(=O)c2ccno2)C1. The second-order valence-electron chi connectivity index (χ2n) is 4.48. The standard InChI is InChI=1S/C13H11N5O3/c14-7-10-12(16-5-4-15-10)20-9-2-6-18(8-9)13(19)11-1-3-17-21-11/h1,3-5,9H,2,6,8H2. The van der Waals surface area contributed by atoms with Crippen molar-refractivity contribution in [2.45, 2.75) is 12.5 Å². The first-order chi connectivity index (χ1) is 10.3. The Morgan fingerprint density at radius 3 is 3.05 bits per heavy atom. The van der Waals surface area contributed by atoms with Crippen LogP contribution in [0.5, 0.6) is 5.88 Å². The van der Waals surface area contributed by atoms with E-state index < -0.39 is 0 Å². The fourth-order valence-electron chi connectivity index (χ4n) is 2.14. The maximum absolute atomic E-state index is 12.1. The molecule has 1 unspecified atom stereocenters. The Labute approximate surface area is 120 Å². The molecule has 0 aromatic carbocycles. The van der Waals surface area contributed by atoms with Gasteiger partial charge in [0, 0.05) is 31.4 Å². The highest BCUT2D eigenvalue weighted by atomic mass is 16.5. The average molecular weight is 285 g/mol. The molecule has 21 heavy (non-hydrogen) atoms. The van der Waals surface area contributed by atoms with Crippen LogP contribution in [0.25, 0.3) is 0 Å². The molecule has 8 nitrogen and oxygen atoms in total. The molecule has 1 aliphatic rings. The number of ether oxygens (including phenoxy) is 1. The highest BCUT2D eigenvalue weighted by molar-refractivity contribution is 5.91. The van der Waals surface area contributed by atoms with E-state index in [1.54, 1.807) is 4.90 Å². The molecule has 1 saturated heterocycles. The summed E-state index contributed by atoms with van der Waals surface area (Å²) < 4.78 is 10.5. The van der Waals surface area contributed by atoms with E-state index in [1.807, 2.05) is 6.07 Å². The fourth-order valence-corrected chi connectivity index (χ4v) is 2.14. The second-order valence-corrected chi connectivity index (χ2v) is 4.48. The monoisotopic (exact) mass is 285 g/mol. The lowest BCUT2D eigenvalue weighted by molar-refractivity contribution is 0.0730. The van der Waals surface area contributed by atoms with Crippen LogP contribution in [-0.4, -0.2) is 45.1 Å². The van der Waals surface area contributed by atoms with Crippen molar-refractivity contribution >= 4 is 5.91 Å². The van der Waals surface area contributed by atoms with Gasteiger partial charge in [-0.25, -0.2) is 9.97 Å². The third-order valence-electron chi connectivity index (χ3n) is 3.13. The molecular weight excluding hydrogens is 274 g/mol. The molecule has 3 heterocycles. The number of carbonyl (C=O) groups is 1. The number of likely N-dealkylation sites (tertiary alicyclic amines) is 1. The molecule has 106 valence electrons. The lowest BCUT2D eigenvalue weighted by Crippen LogP contribution is -2.30. The van der Waals surface area contributed by atoms with Crippen LogP contribution in [0.2, 0.25) is 0 Å². The van der Waals surface area contributed by atoms with Gasteiger partial charge in [0.2, 0.25) is 11.5 Å². The molecule has 0 bridgehead atoms. The van der Waals surface area contributed by atoms with Gasteiger partial charge in [-0.05, 0) is 0 Å². The molecular formula is C13H11N5O3. The Bertz CT molecular complexity index is 679. The Morgan fingerprint density at radius 2 is 2.29 bits per heavy atom. The maximum atomic E-state index is 12.1. The van der Waals surface area contributed by atoms with Crippen LogP contribution >= 0.6 is 0 Å². The summed E-state index contributed by atoms with van der Waals surface area (Å²) in [6.07, 6.45) is 4.75. The molecule has 2 aromatic heterocycles. The number of hydrogen-bond acceptors (Lipinski definition) is 7. The van der Waals surface area contributed by atoms with Gasteiger partial charge >= 0.3 is 0 Å². The van der Waals surface area contributed by atoms with Gasteiger partial charge in [0.25, 0.3) is 11.8 Å². The number of aromatic nitrogens is 3. The minimum absolute atomic E-state index is 0.137. The topological polar surface area (TPSA) is 105 Å².